The van der Waals surface area contributed by atoms with E-state index in [1.165, 1.54) is 17.0 Å². The number of carbonyl (C=O) groups excluding carboxylic acids is 3. The van der Waals surface area contributed by atoms with E-state index >= 15 is 0 Å². The van der Waals surface area contributed by atoms with Crippen molar-refractivity contribution in [2.45, 2.75) is 42.7 Å². The van der Waals surface area contributed by atoms with E-state index in [1.54, 1.807) is 45.0 Å². The first-order chi connectivity index (χ1) is 17.2. The molecule has 0 unspecified atom stereocenters. The molecule has 2 aromatic rings. The molecule has 3 amide bonds. The summed E-state index contributed by atoms with van der Waals surface area (Å²) in [5.41, 5.74) is 0.576. The minimum Gasteiger partial charge on any atom is -0.444 e. The smallest absolute Gasteiger partial charge is 0.410 e. The lowest BCUT2D eigenvalue weighted by Crippen LogP contribution is -2.61. The number of carbonyl (C=O) groups is 3. The SMILES string of the molecule is CC(C)(C)OC(=O)N1CC(NC(=O)c2cc(NC(=O)[C@H]3[C@H](c4cc(Cl)cc(Cl)c4)C3(Cl)Cl)ccc2Cl)C1. The van der Waals surface area contributed by atoms with E-state index < -0.39 is 39.7 Å². The third-order valence-electron chi connectivity index (χ3n) is 5.93. The highest BCUT2D eigenvalue weighted by atomic mass is 35.5. The Morgan fingerprint density at radius 1 is 1.00 bits per heavy atom. The third-order valence-corrected chi connectivity index (χ3v) is 7.63. The predicted octanol–water partition coefficient (Wildman–Crippen LogP) is 6.52. The zero-order valence-corrected chi connectivity index (χ0v) is 23.9. The van der Waals surface area contributed by atoms with Gasteiger partial charge in [-0.1, -0.05) is 34.8 Å². The summed E-state index contributed by atoms with van der Waals surface area (Å²) < 4.78 is 3.98. The molecule has 2 fully saturated rings. The van der Waals surface area contributed by atoms with Gasteiger partial charge in [0.25, 0.3) is 5.91 Å². The lowest BCUT2D eigenvalue weighted by Gasteiger charge is -2.40. The molecule has 1 aliphatic heterocycles. The van der Waals surface area contributed by atoms with Gasteiger partial charge in [0.15, 0.2) is 0 Å². The van der Waals surface area contributed by atoms with E-state index in [4.69, 9.17) is 62.7 Å². The Balaban J connectivity index is 1.38. The largest absolute Gasteiger partial charge is 0.444 e. The average Bonchev–Trinajstić information content (AvgIpc) is 3.31. The van der Waals surface area contributed by atoms with Gasteiger partial charge in [-0.3, -0.25) is 9.59 Å². The first-order valence-corrected chi connectivity index (χ1v) is 13.3. The lowest BCUT2D eigenvalue weighted by molar-refractivity contribution is -0.117. The molecule has 2 atom stereocenters. The Bertz CT molecular complexity index is 1240. The van der Waals surface area contributed by atoms with Gasteiger partial charge in [0.2, 0.25) is 5.91 Å². The molecule has 2 aromatic carbocycles. The summed E-state index contributed by atoms with van der Waals surface area (Å²) in [5, 5.41) is 6.62. The average molecular weight is 608 g/mol. The molecule has 2 N–H and O–H groups in total. The first-order valence-electron chi connectivity index (χ1n) is 11.4. The fourth-order valence-electron chi connectivity index (χ4n) is 4.13. The van der Waals surface area contributed by atoms with Crippen LogP contribution in [-0.2, 0) is 9.53 Å². The molecule has 0 radical (unpaired) electrons. The zero-order chi connectivity index (χ0) is 27.3. The maximum atomic E-state index is 13.0. The molecule has 4 rings (SSSR count). The molecule has 2 aliphatic rings. The van der Waals surface area contributed by atoms with Crippen LogP contribution in [0.1, 0.15) is 42.6 Å². The van der Waals surface area contributed by atoms with Gasteiger partial charge in [-0.15, -0.1) is 23.2 Å². The van der Waals surface area contributed by atoms with E-state index in [2.05, 4.69) is 10.6 Å². The highest BCUT2D eigenvalue weighted by Gasteiger charge is 2.67. The molecule has 0 aromatic heterocycles. The topological polar surface area (TPSA) is 87.7 Å². The van der Waals surface area contributed by atoms with E-state index in [0.29, 0.717) is 34.4 Å². The van der Waals surface area contributed by atoms with E-state index in [-0.39, 0.29) is 16.6 Å². The summed E-state index contributed by atoms with van der Waals surface area (Å²) in [5.74, 6) is -2.12. The number of alkyl halides is 2. The van der Waals surface area contributed by atoms with Crippen molar-refractivity contribution in [1.82, 2.24) is 10.2 Å². The van der Waals surface area contributed by atoms with Gasteiger partial charge in [0.05, 0.1) is 22.5 Å². The number of anilines is 1. The molecule has 1 aliphatic carbocycles. The fourth-order valence-corrected chi connectivity index (χ4v) is 5.70. The van der Waals surface area contributed by atoms with Crippen molar-refractivity contribution in [3.05, 3.63) is 62.6 Å². The Labute approximate surface area is 239 Å². The molecular formula is C25H24Cl5N3O4. The van der Waals surface area contributed by atoms with Crippen LogP contribution in [-0.4, -0.2) is 51.9 Å². The van der Waals surface area contributed by atoms with Crippen LogP contribution in [0.25, 0.3) is 0 Å². The normalized spacial score (nSPS) is 20.6. The van der Waals surface area contributed by atoms with Gasteiger partial charge >= 0.3 is 6.09 Å². The van der Waals surface area contributed by atoms with Gasteiger partial charge in [-0.25, -0.2) is 4.79 Å². The fraction of sp³-hybridized carbons (Fsp3) is 0.400. The third kappa shape index (κ3) is 6.40. The number of benzene rings is 2. The second kappa shape index (κ2) is 10.3. The number of amides is 3. The predicted molar refractivity (Wildman–Crippen MR) is 146 cm³/mol. The van der Waals surface area contributed by atoms with Crippen molar-refractivity contribution in [2.24, 2.45) is 5.92 Å². The molecule has 198 valence electrons. The van der Waals surface area contributed by atoms with Crippen molar-refractivity contribution in [3.8, 4) is 0 Å². The Kier molecular flexibility index (Phi) is 7.86. The van der Waals surface area contributed by atoms with Gasteiger partial charge in [-0.05, 0) is 62.7 Å². The Morgan fingerprint density at radius 3 is 2.22 bits per heavy atom. The number of hydrogen-bond donors (Lipinski definition) is 2. The van der Waals surface area contributed by atoms with Crippen LogP contribution in [0.5, 0.6) is 0 Å². The van der Waals surface area contributed by atoms with Gasteiger partial charge in [-0.2, -0.15) is 0 Å². The molecule has 12 heteroatoms. The minimum absolute atomic E-state index is 0.173. The van der Waals surface area contributed by atoms with Crippen LogP contribution < -0.4 is 10.6 Å². The van der Waals surface area contributed by atoms with Crippen molar-refractivity contribution in [2.75, 3.05) is 18.4 Å². The van der Waals surface area contributed by atoms with Gasteiger partial charge in [0.1, 0.15) is 9.93 Å². The molecule has 1 heterocycles. The van der Waals surface area contributed by atoms with Crippen LogP contribution in [0.2, 0.25) is 15.1 Å². The molecule has 0 bridgehead atoms. The number of hydrogen-bond acceptors (Lipinski definition) is 4. The lowest BCUT2D eigenvalue weighted by atomic mass is 10.1. The van der Waals surface area contributed by atoms with Crippen LogP contribution >= 0.6 is 58.0 Å². The second-order valence-electron chi connectivity index (χ2n) is 10.1. The number of halogens is 5. The van der Waals surface area contributed by atoms with Gasteiger partial charge < -0.3 is 20.3 Å². The first kappa shape index (κ1) is 28.1. The molecular weight excluding hydrogens is 584 g/mol. The van der Waals surface area contributed by atoms with Crippen molar-refractivity contribution >= 4 is 81.6 Å². The summed E-state index contributed by atoms with van der Waals surface area (Å²) in [6, 6.07) is 9.21. The summed E-state index contributed by atoms with van der Waals surface area (Å²) in [6.45, 7) is 5.99. The Hall–Kier alpha value is -1.90. The van der Waals surface area contributed by atoms with Crippen molar-refractivity contribution < 1.29 is 19.1 Å². The monoisotopic (exact) mass is 605 g/mol. The maximum absolute atomic E-state index is 13.0. The summed E-state index contributed by atoms with van der Waals surface area (Å²) in [4.78, 5) is 39.5. The molecule has 7 nitrogen and oxygen atoms in total. The van der Waals surface area contributed by atoms with Crippen molar-refractivity contribution in [3.63, 3.8) is 0 Å². The summed E-state index contributed by atoms with van der Waals surface area (Å²) in [6.07, 6.45) is -0.436. The van der Waals surface area contributed by atoms with Crippen molar-refractivity contribution in [1.29, 1.82) is 0 Å². The van der Waals surface area contributed by atoms with Crippen LogP contribution in [0.15, 0.2) is 36.4 Å². The maximum Gasteiger partial charge on any atom is 0.410 e. The van der Waals surface area contributed by atoms with E-state index in [0.717, 1.165) is 0 Å². The second-order valence-corrected chi connectivity index (χ2v) is 12.8. The molecule has 37 heavy (non-hydrogen) atoms. The summed E-state index contributed by atoms with van der Waals surface area (Å²) in [7, 11) is 0. The van der Waals surface area contributed by atoms with E-state index in [9.17, 15) is 14.4 Å². The van der Waals surface area contributed by atoms with Crippen LogP contribution in [0.4, 0.5) is 10.5 Å². The number of nitrogens with one attached hydrogen (secondary N) is 2. The number of ether oxygens (including phenoxy) is 1. The van der Waals surface area contributed by atoms with Gasteiger partial charge in [0, 0.05) is 34.7 Å². The number of rotatable bonds is 5. The summed E-state index contributed by atoms with van der Waals surface area (Å²) >= 11 is 31.3. The standard InChI is InChI=1S/C25H24Cl5N3O4/c1-24(2,3)37-23(36)33-10-16(11-33)32-21(34)17-9-15(4-5-18(17)28)31-22(35)20-19(25(20,29)30)12-6-13(26)8-14(27)7-12/h4-9,16,19-20H,10-11H2,1-3H3,(H,31,35)(H,32,34)/t19-,20+/m0/s1. The number of likely N-dealkylation sites (tertiary alicyclic amines) is 1. The van der Waals surface area contributed by atoms with E-state index in [1.807, 2.05) is 0 Å². The molecule has 1 saturated carbocycles. The quantitative estimate of drug-likeness (QED) is 0.379. The zero-order valence-electron chi connectivity index (χ0n) is 20.1. The highest BCUT2D eigenvalue weighted by Crippen LogP contribution is 2.65. The highest BCUT2D eigenvalue weighted by molar-refractivity contribution is 6.53. The number of nitrogens with zero attached hydrogens (tertiary/aromatic N) is 1. The minimum atomic E-state index is -1.34. The molecule has 1 saturated heterocycles. The van der Waals surface area contributed by atoms with Crippen LogP contribution in [0.3, 0.4) is 0 Å². The molecule has 0 spiro atoms. The Morgan fingerprint density at radius 2 is 1.62 bits per heavy atom. The van der Waals surface area contributed by atoms with Crippen LogP contribution in [0, 0.1) is 5.92 Å².